The minimum Gasteiger partial charge on any atom is -0.409 e. The zero-order valence-corrected chi connectivity index (χ0v) is 10.5. The van der Waals surface area contributed by atoms with Gasteiger partial charge < -0.3 is 15.8 Å². The summed E-state index contributed by atoms with van der Waals surface area (Å²) in [6.07, 6.45) is 2.83. The fourth-order valence-electron chi connectivity index (χ4n) is 2.07. The van der Waals surface area contributed by atoms with Crippen LogP contribution >= 0.6 is 0 Å². The van der Waals surface area contributed by atoms with E-state index in [9.17, 15) is 4.79 Å². The van der Waals surface area contributed by atoms with Gasteiger partial charge in [-0.05, 0) is 26.2 Å². The van der Waals surface area contributed by atoms with Crippen LogP contribution in [0.3, 0.4) is 0 Å². The van der Waals surface area contributed by atoms with Crippen molar-refractivity contribution in [1.29, 1.82) is 0 Å². The molecule has 0 saturated carbocycles. The third-order valence-electron chi connectivity index (χ3n) is 3.12. The molecule has 1 amide bonds. The van der Waals surface area contributed by atoms with E-state index in [0.717, 1.165) is 25.9 Å². The molecule has 6 nitrogen and oxygen atoms in total. The highest BCUT2D eigenvalue weighted by Gasteiger charge is 2.25. The molecule has 1 aliphatic heterocycles. The summed E-state index contributed by atoms with van der Waals surface area (Å²) in [4.78, 5) is 13.9. The SMILES string of the molecule is CCC(NC(C)C(=O)N1CCCC1)C(N)=NO. The smallest absolute Gasteiger partial charge is 0.239 e. The molecule has 0 radical (unpaired) electrons. The van der Waals surface area contributed by atoms with E-state index in [4.69, 9.17) is 10.9 Å². The van der Waals surface area contributed by atoms with E-state index in [0.29, 0.717) is 6.42 Å². The first-order valence-electron chi connectivity index (χ1n) is 6.12. The molecule has 4 N–H and O–H groups in total. The van der Waals surface area contributed by atoms with Crippen molar-refractivity contribution in [2.24, 2.45) is 10.9 Å². The number of carbonyl (C=O) groups is 1. The maximum Gasteiger partial charge on any atom is 0.239 e. The predicted molar refractivity (Wildman–Crippen MR) is 65.9 cm³/mol. The molecule has 1 aliphatic rings. The second kappa shape index (κ2) is 6.44. The van der Waals surface area contributed by atoms with Crippen LogP contribution in [0.1, 0.15) is 33.1 Å². The van der Waals surface area contributed by atoms with Crippen molar-refractivity contribution in [2.75, 3.05) is 13.1 Å². The summed E-state index contributed by atoms with van der Waals surface area (Å²) in [6.45, 7) is 5.41. The van der Waals surface area contributed by atoms with Crippen molar-refractivity contribution in [3.8, 4) is 0 Å². The lowest BCUT2D eigenvalue weighted by Crippen LogP contribution is -2.51. The predicted octanol–water partition coefficient (Wildman–Crippen LogP) is 0.112. The number of oxime groups is 1. The van der Waals surface area contributed by atoms with Crippen molar-refractivity contribution in [3.05, 3.63) is 0 Å². The molecular formula is C11H22N4O2. The van der Waals surface area contributed by atoms with Gasteiger partial charge in [0.05, 0.1) is 12.1 Å². The molecule has 1 rings (SSSR count). The van der Waals surface area contributed by atoms with Gasteiger partial charge in [0.1, 0.15) is 0 Å². The number of hydrogen-bond acceptors (Lipinski definition) is 4. The van der Waals surface area contributed by atoms with Crippen LogP contribution in [0.25, 0.3) is 0 Å². The van der Waals surface area contributed by atoms with Crippen molar-refractivity contribution < 1.29 is 10.0 Å². The highest BCUT2D eigenvalue weighted by Crippen LogP contribution is 2.09. The van der Waals surface area contributed by atoms with Gasteiger partial charge in [-0.3, -0.25) is 10.1 Å². The Morgan fingerprint density at radius 2 is 2.12 bits per heavy atom. The largest absolute Gasteiger partial charge is 0.409 e. The number of hydrogen-bond donors (Lipinski definition) is 3. The minimum absolute atomic E-state index is 0.0895. The third-order valence-corrected chi connectivity index (χ3v) is 3.12. The number of nitrogens with zero attached hydrogens (tertiary/aromatic N) is 2. The second-order valence-corrected chi connectivity index (χ2v) is 4.41. The molecule has 1 saturated heterocycles. The van der Waals surface area contributed by atoms with Crippen LogP contribution < -0.4 is 11.1 Å². The third kappa shape index (κ3) is 3.59. The Bertz CT molecular complexity index is 287. The number of rotatable bonds is 5. The highest BCUT2D eigenvalue weighted by molar-refractivity contribution is 5.87. The monoisotopic (exact) mass is 242 g/mol. The Labute approximate surface area is 102 Å². The topological polar surface area (TPSA) is 91.0 Å². The van der Waals surface area contributed by atoms with Gasteiger partial charge in [0.15, 0.2) is 5.84 Å². The quantitative estimate of drug-likeness (QED) is 0.276. The first-order valence-corrected chi connectivity index (χ1v) is 6.12. The van der Waals surface area contributed by atoms with E-state index < -0.39 is 0 Å². The van der Waals surface area contributed by atoms with Crippen molar-refractivity contribution >= 4 is 11.7 Å². The number of likely N-dealkylation sites (tertiary alicyclic amines) is 1. The highest BCUT2D eigenvalue weighted by atomic mass is 16.4. The van der Waals surface area contributed by atoms with Crippen molar-refractivity contribution in [1.82, 2.24) is 10.2 Å². The van der Waals surface area contributed by atoms with E-state index >= 15 is 0 Å². The van der Waals surface area contributed by atoms with E-state index in [1.54, 1.807) is 0 Å². The molecule has 0 aliphatic carbocycles. The minimum atomic E-state index is -0.307. The molecule has 2 atom stereocenters. The lowest BCUT2D eigenvalue weighted by Gasteiger charge is -2.24. The van der Waals surface area contributed by atoms with E-state index in [1.807, 2.05) is 18.7 Å². The Morgan fingerprint density at radius 3 is 2.59 bits per heavy atom. The number of nitrogens with one attached hydrogen (secondary N) is 1. The second-order valence-electron chi connectivity index (χ2n) is 4.41. The zero-order chi connectivity index (χ0) is 12.8. The van der Waals surface area contributed by atoms with Crippen LogP contribution in [0.15, 0.2) is 5.16 Å². The van der Waals surface area contributed by atoms with Gasteiger partial charge in [-0.2, -0.15) is 0 Å². The molecule has 98 valence electrons. The molecule has 0 spiro atoms. The average molecular weight is 242 g/mol. The molecule has 6 heteroatoms. The van der Waals surface area contributed by atoms with Gasteiger partial charge in [0.25, 0.3) is 0 Å². The van der Waals surface area contributed by atoms with E-state index in [1.165, 1.54) is 0 Å². The van der Waals surface area contributed by atoms with Crippen LogP contribution in [0.5, 0.6) is 0 Å². The summed E-state index contributed by atoms with van der Waals surface area (Å²) in [5.41, 5.74) is 5.54. The Balaban J connectivity index is 2.51. The lowest BCUT2D eigenvalue weighted by atomic mass is 10.1. The molecule has 1 fully saturated rings. The van der Waals surface area contributed by atoms with E-state index in [2.05, 4.69) is 10.5 Å². The molecule has 17 heavy (non-hydrogen) atoms. The van der Waals surface area contributed by atoms with Gasteiger partial charge in [-0.1, -0.05) is 12.1 Å². The number of carbonyl (C=O) groups excluding carboxylic acids is 1. The Morgan fingerprint density at radius 1 is 1.53 bits per heavy atom. The lowest BCUT2D eigenvalue weighted by molar-refractivity contribution is -0.132. The molecule has 0 aromatic carbocycles. The normalized spacial score (nSPS) is 20.4. The molecular weight excluding hydrogens is 220 g/mol. The number of amidine groups is 1. The summed E-state index contributed by atoms with van der Waals surface area (Å²) in [5, 5.41) is 14.7. The van der Waals surface area contributed by atoms with Gasteiger partial charge in [0, 0.05) is 13.1 Å². The van der Waals surface area contributed by atoms with Gasteiger partial charge >= 0.3 is 0 Å². The van der Waals surface area contributed by atoms with E-state index in [-0.39, 0.29) is 23.8 Å². The Hall–Kier alpha value is -1.30. The molecule has 0 aromatic heterocycles. The maximum absolute atomic E-state index is 12.0. The molecule has 0 bridgehead atoms. The van der Waals surface area contributed by atoms with Gasteiger partial charge in [-0.25, -0.2) is 0 Å². The maximum atomic E-state index is 12.0. The van der Waals surface area contributed by atoms with Crippen LogP contribution in [-0.2, 0) is 4.79 Å². The fourth-order valence-corrected chi connectivity index (χ4v) is 2.07. The summed E-state index contributed by atoms with van der Waals surface area (Å²) in [6, 6.07) is -0.570. The molecule has 1 heterocycles. The van der Waals surface area contributed by atoms with Crippen LogP contribution in [0, 0.1) is 0 Å². The van der Waals surface area contributed by atoms with Crippen LogP contribution in [0.2, 0.25) is 0 Å². The average Bonchev–Trinajstić information content (AvgIpc) is 2.87. The summed E-state index contributed by atoms with van der Waals surface area (Å²) < 4.78 is 0. The first-order chi connectivity index (χ1) is 8.10. The summed E-state index contributed by atoms with van der Waals surface area (Å²) in [7, 11) is 0. The van der Waals surface area contributed by atoms with Crippen LogP contribution in [0.4, 0.5) is 0 Å². The zero-order valence-electron chi connectivity index (χ0n) is 10.5. The Kier molecular flexibility index (Phi) is 5.21. The standard InChI is InChI=1S/C11H22N4O2/c1-3-9(10(12)14-17)13-8(2)11(16)15-6-4-5-7-15/h8-9,13,17H,3-7H2,1-2H3,(H2,12,14). The van der Waals surface area contributed by atoms with Crippen molar-refractivity contribution in [2.45, 2.75) is 45.2 Å². The summed E-state index contributed by atoms with van der Waals surface area (Å²) >= 11 is 0. The number of amides is 1. The van der Waals surface area contributed by atoms with Gasteiger partial charge in [-0.15, -0.1) is 0 Å². The number of nitrogens with two attached hydrogens (primary N) is 1. The van der Waals surface area contributed by atoms with Gasteiger partial charge in [0.2, 0.25) is 5.91 Å². The molecule has 0 aromatic rings. The van der Waals surface area contributed by atoms with Crippen molar-refractivity contribution in [3.63, 3.8) is 0 Å². The first kappa shape index (κ1) is 13.8. The fraction of sp³-hybridized carbons (Fsp3) is 0.818. The molecule has 2 unspecified atom stereocenters. The van der Waals surface area contributed by atoms with Crippen LogP contribution in [-0.4, -0.2) is 47.0 Å². The summed E-state index contributed by atoms with van der Waals surface area (Å²) in [5.74, 6) is 0.209.